The van der Waals surface area contributed by atoms with E-state index in [0.29, 0.717) is 12.1 Å². The molecule has 0 radical (unpaired) electrons. The number of rotatable bonds is 4. The van der Waals surface area contributed by atoms with E-state index in [1.165, 1.54) is 17.7 Å². The highest BCUT2D eigenvalue weighted by molar-refractivity contribution is 6.36. The maximum absolute atomic E-state index is 13.9. The average molecular weight is 432 g/mol. The summed E-state index contributed by atoms with van der Waals surface area (Å²) in [6, 6.07) is 12.1. The van der Waals surface area contributed by atoms with Crippen molar-refractivity contribution in [3.63, 3.8) is 0 Å². The van der Waals surface area contributed by atoms with Crippen molar-refractivity contribution in [1.82, 2.24) is 9.88 Å². The molecule has 1 saturated heterocycles. The summed E-state index contributed by atoms with van der Waals surface area (Å²) in [5.41, 5.74) is 7.89. The Morgan fingerprint density at radius 3 is 2.78 bits per heavy atom. The lowest BCUT2D eigenvalue weighted by molar-refractivity contribution is -0.110. The van der Waals surface area contributed by atoms with Crippen molar-refractivity contribution in [1.29, 1.82) is 0 Å². The summed E-state index contributed by atoms with van der Waals surface area (Å²) in [4.78, 5) is 18.6. The van der Waals surface area contributed by atoms with Gasteiger partial charge in [-0.3, -0.25) is 9.69 Å². The molecule has 5 rings (SSSR count). The van der Waals surface area contributed by atoms with E-state index in [0.717, 1.165) is 58.8 Å². The molecule has 6 heteroatoms. The van der Waals surface area contributed by atoms with Crippen LogP contribution < -0.4 is 5.32 Å². The number of β-amino-alcohol motifs (C(OH)–C–C–N with tert-alkyl or cyclic N) is 1. The van der Waals surface area contributed by atoms with E-state index < -0.39 is 0 Å². The minimum Gasteiger partial charge on any atom is -0.392 e. The predicted octanol–water partition coefficient (Wildman–Crippen LogP) is 4.50. The van der Waals surface area contributed by atoms with Crippen molar-refractivity contribution in [3.05, 3.63) is 76.4 Å². The van der Waals surface area contributed by atoms with Gasteiger partial charge in [-0.2, -0.15) is 0 Å². The van der Waals surface area contributed by atoms with Gasteiger partial charge in [-0.15, -0.1) is 0 Å². The Morgan fingerprint density at radius 2 is 2.03 bits per heavy atom. The van der Waals surface area contributed by atoms with E-state index in [-0.39, 0.29) is 17.8 Å². The van der Waals surface area contributed by atoms with E-state index in [9.17, 15) is 14.3 Å². The molecule has 0 bridgehead atoms. The first-order valence-corrected chi connectivity index (χ1v) is 10.9. The number of halogens is 1. The first-order valence-electron chi connectivity index (χ1n) is 10.9. The number of hydrogen-bond acceptors (Lipinski definition) is 3. The average Bonchev–Trinajstić information content (AvgIpc) is 3.40. The van der Waals surface area contributed by atoms with Crippen molar-refractivity contribution in [2.45, 2.75) is 32.9 Å². The Bertz CT molecular complexity index is 1240. The second-order valence-corrected chi connectivity index (χ2v) is 8.70. The molecule has 1 atom stereocenters. The van der Waals surface area contributed by atoms with Crippen LogP contribution in [-0.4, -0.2) is 40.1 Å². The van der Waals surface area contributed by atoms with Gasteiger partial charge in [0, 0.05) is 42.3 Å². The van der Waals surface area contributed by atoms with Gasteiger partial charge in [0.05, 0.1) is 11.7 Å². The number of anilines is 1. The summed E-state index contributed by atoms with van der Waals surface area (Å²) < 4.78 is 13.9. The number of carbonyl (C=O) groups is 1. The smallest absolute Gasteiger partial charge is 0.256 e. The minimum absolute atomic E-state index is 0.167. The van der Waals surface area contributed by atoms with Crippen LogP contribution in [0.4, 0.5) is 10.1 Å². The molecule has 32 heavy (non-hydrogen) atoms. The number of likely N-dealkylation sites (tertiary alicyclic amines) is 1. The number of amides is 1. The van der Waals surface area contributed by atoms with Gasteiger partial charge in [-0.1, -0.05) is 24.3 Å². The highest BCUT2D eigenvalue weighted by Crippen LogP contribution is 2.41. The quantitative estimate of drug-likeness (QED) is 0.533. The number of hydrogen-bond donors (Lipinski definition) is 3. The number of H-pyrrole nitrogens is 1. The molecular weight excluding hydrogens is 405 g/mol. The molecule has 1 aromatic heterocycles. The van der Waals surface area contributed by atoms with Gasteiger partial charge < -0.3 is 15.4 Å². The highest BCUT2D eigenvalue weighted by atomic mass is 19.1. The predicted molar refractivity (Wildman–Crippen MR) is 125 cm³/mol. The maximum atomic E-state index is 13.9. The fraction of sp³-hybridized carbons (Fsp3) is 0.269. The van der Waals surface area contributed by atoms with Crippen molar-refractivity contribution < 1.29 is 14.3 Å². The molecule has 3 aromatic rings. The number of nitrogens with zero attached hydrogens (tertiary/aromatic N) is 1. The molecule has 2 aromatic carbocycles. The molecule has 0 saturated carbocycles. The van der Waals surface area contributed by atoms with Crippen LogP contribution >= 0.6 is 0 Å². The number of carbonyl (C=O) groups excluding carboxylic acids is 1. The van der Waals surface area contributed by atoms with Crippen molar-refractivity contribution in [2.75, 3.05) is 18.4 Å². The van der Waals surface area contributed by atoms with Gasteiger partial charge in [0.2, 0.25) is 0 Å². The molecule has 2 aliphatic heterocycles. The number of nitrogens with one attached hydrogen (secondary N) is 2. The standard InChI is InChI=1S/C26H26FN3O2/c1-15-22(14-30-10-9-19(31)13-30)16(2)28-24(15)12-21-25-20(17-5-3-6-18(27)11-17)7-4-8-23(25)29-26(21)32/h3-8,11-12,19,28,31H,9-10,13-14H2,1-2H3,(H,29,32)/b21-12-/t19-/m1/s1. The zero-order chi connectivity index (χ0) is 22.4. The lowest BCUT2D eigenvalue weighted by atomic mass is 9.94. The van der Waals surface area contributed by atoms with Crippen molar-refractivity contribution in [2.24, 2.45) is 0 Å². The Hall–Kier alpha value is -3.22. The summed E-state index contributed by atoms with van der Waals surface area (Å²) >= 11 is 0. The number of aromatic nitrogens is 1. The second-order valence-electron chi connectivity index (χ2n) is 8.70. The topological polar surface area (TPSA) is 68.4 Å². The lowest BCUT2D eigenvalue weighted by Crippen LogP contribution is -2.22. The molecule has 2 aliphatic rings. The third-order valence-corrected chi connectivity index (χ3v) is 6.51. The number of aliphatic hydroxyl groups excluding tert-OH is 1. The zero-order valence-corrected chi connectivity index (χ0v) is 18.2. The molecule has 0 unspecified atom stereocenters. The molecule has 0 spiro atoms. The van der Waals surface area contributed by atoms with E-state index in [4.69, 9.17) is 0 Å². The van der Waals surface area contributed by atoms with Crippen LogP contribution in [0.1, 0.15) is 34.5 Å². The Labute approximate surface area is 186 Å². The molecular formula is C26H26FN3O2. The summed E-state index contributed by atoms with van der Waals surface area (Å²) in [6.07, 6.45) is 2.45. The number of aryl methyl sites for hydroxylation is 1. The number of benzene rings is 2. The molecule has 5 nitrogen and oxygen atoms in total. The zero-order valence-electron chi connectivity index (χ0n) is 18.2. The van der Waals surface area contributed by atoms with Gasteiger partial charge in [-0.25, -0.2) is 4.39 Å². The molecule has 3 N–H and O–H groups in total. The molecule has 0 aliphatic carbocycles. The third kappa shape index (κ3) is 3.66. The van der Waals surface area contributed by atoms with Crippen molar-refractivity contribution >= 4 is 23.2 Å². The van der Waals surface area contributed by atoms with Crippen molar-refractivity contribution in [3.8, 4) is 11.1 Å². The van der Waals surface area contributed by atoms with Crippen LogP contribution in [0.2, 0.25) is 0 Å². The number of aliphatic hydroxyl groups is 1. The van der Waals surface area contributed by atoms with Gasteiger partial charge in [0.15, 0.2) is 0 Å². The normalized spacial score (nSPS) is 19.6. The van der Waals surface area contributed by atoms with Crippen LogP contribution in [0.15, 0.2) is 42.5 Å². The molecule has 164 valence electrons. The fourth-order valence-electron chi connectivity index (χ4n) is 4.80. The van der Waals surface area contributed by atoms with E-state index in [1.807, 2.05) is 37.3 Å². The second kappa shape index (κ2) is 8.04. The fourth-order valence-corrected chi connectivity index (χ4v) is 4.80. The van der Waals surface area contributed by atoms with E-state index in [2.05, 4.69) is 22.1 Å². The van der Waals surface area contributed by atoms with Gasteiger partial charge >= 0.3 is 0 Å². The van der Waals surface area contributed by atoms with Crippen LogP contribution in [0.25, 0.3) is 22.8 Å². The van der Waals surface area contributed by atoms with Gasteiger partial charge in [0.25, 0.3) is 5.91 Å². The molecule has 1 amide bonds. The van der Waals surface area contributed by atoms with E-state index in [1.54, 1.807) is 6.07 Å². The first-order chi connectivity index (χ1) is 15.4. The largest absolute Gasteiger partial charge is 0.392 e. The summed E-state index contributed by atoms with van der Waals surface area (Å²) in [5.74, 6) is -0.477. The molecule has 3 heterocycles. The summed E-state index contributed by atoms with van der Waals surface area (Å²) in [6.45, 7) is 6.44. The summed E-state index contributed by atoms with van der Waals surface area (Å²) in [7, 11) is 0. The minimum atomic E-state index is -0.310. The summed E-state index contributed by atoms with van der Waals surface area (Å²) in [5, 5.41) is 12.8. The maximum Gasteiger partial charge on any atom is 0.256 e. The molecule has 1 fully saturated rings. The van der Waals surface area contributed by atoms with Crippen LogP contribution in [0.5, 0.6) is 0 Å². The number of aromatic amines is 1. The van der Waals surface area contributed by atoms with Crippen LogP contribution in [-0.2, 0) is 11.3 Å². The van der Waals surface area contributed by atoms with E-state index >= 15 is 0 Å². The number of fused-ring (bicyclic) bond motifs is 1. The van der Waals surface area contributed by atoms with Gasteiger partial charge in [0.1, 0.15) is 5.82 Å². The Kier molecular flexibility index (Phi) is 5.19. The van der Waals surface area contributed by atoms with Crippen LogP contribution in [0.3, 0.4) is 0 Å². The monoisotopic (exact) mass is 431 g/mol. The SMILES string of the molecule is Cc1[nH]c(/C=C2\C(=O)Nc3cccc(-c4cccc(F)c4)c32)c(C)c1CN1CC[C@@H](O)C1. The first kappa shape index (κ1) is 20.7. The third-order valence-electron chi connectivity index (χ3n) is 6.51. The lowest BCUT2D eigenvalue weighted by Gasteiger charge is -2.15. The Morgan fingerprint density at radius 1 is 1.22 bits per heavy atom. The Balaban J connectivity index is 1.56. The van der Waals surface area contributed by atoms with Crippen LogP contribution in [0, 0.1) is 19.7 Å². The van der Waals surface area contributed by atoms with Gasteiger partial charge in [-0.05, 0) is 66.8 Å². The highest BCUT2D eigenvalue weighted by Gasteiger charge is 2.28.